The molecular weight excluding hydrogens is 312 g/mol. The van der Waals surface area contributed by atoms with Gasteiger partial charge < -0.3 is 0 Å². The summed E-state index contributed by atoms with van der Waals surface area (Å²) in [6.45, 7) is 7.54. The van der Waals surface area contributed by atoms with E-state index in [1.54, 1.807) is 0 Å². The van der Waals surface area contributed by atoms with Gasteiger partial charge in [0.25, 0.3) is 0 Å². The van der Waals surface area contributed by atoms with Crippen molar-refractivity contribution in [1.82, 2.24) is 0 Å². The van der Waals surface area contributed by atoms with Crippen LogP contribution in [0.1, 0.15) is 60.8 Å². The Bertz CT molecular complexity index is 657. The van der Waals surface area contributed by atoms with Crippen molar-refractivity contribution in [2.24, 2.45) is 0 Å². The van der Waals surface area contributed by atoms with Gasteiger partial charge in [-0.1, -0.05) is 48.3 Å². The summed E-state index contributed by atoms with van der Waals surface area (Å²) in [4.78, 5) is 0. The van der Waals surface area contributed by atoms with E-state index in [9.17, 15) is 0 Å². The van der Waals surface area contributed by atoms with Crippen molar-refractivity contribution in [3.63, 3.8) is 0 Å². The number of hydrogen-bond acceptors (Lipinski definition) is 0. The molecule has 0 atom stereocenters. The molecule has 0 heterocycles. The normalized spacial score (nSPS) is 10.0. The Kier molecular flexibility index (Phi) is 9.09. The van der Waals surface area contributed by atoms with Gasteiger partial charge in [-0.3, -0.25) is 0 Å². The second kappa shape index (κ2) is 11.9. The average Bonchev–Trinajstić information content (AvgIpc) is 2.69. The number of hydrogen-bond donors (Lipinski definition) is 0. The fraction of sp³-hybridized carbons (Fsp3) is 0.308. The molecule has 2 rings (SSSR count). The molecule has 26 heavy (non-hydrogen) atoms. The van der Waals surface area contributed by atoms with Crippen molar-refractivity contribution >= 4 is 0 Å². The highest BCUT2D eigenvalue weighted by Gasteiger charge is 1.95. The van der Waals surface area contributed by atoms with E-state index < -0.39 is 0 Å². The molecule has 0 aliphatic carbocycles. The lowest BCUT2D eigenvalue weighted by Crippen LogP contribution is -1.86. The molecule has 0 bridgehead atoms. The molecule has 0 saturated carbocycles. The van der Waals surface area contributed by atoms with E-state index >= 15 is 0 Å². The highest BCUT2D eigenvalue weighted by molar-refractivity contribution is 5.44. The summed E-state index contributed by atoms with van der Waals surface area (Å²) in [5.41, 5.74) is 4.93. The van der Waals surface area contributed by atoms with E-state index in [-0.39, 0.29) is 0 Å². The maximum absolute atomic E-state index is 3.77. The Morgan fingerprint density at radius 2 is 0.962 bits per heavy atom. The van der Waals surface area contributed by atoms with Gasteiger partial charge >= 0.3 is 0 Å². The van der Waals surface area contributed by atoms with E-state index in [4.69, 9.17) is 0 Å². The van der Waals surface area contributed by atoms with Crippen LogP contribution in [0.25, 0.3) is 0 Å². The molecule has 2 aromatic carbocycles. The van der Waals surface area contributed by atoms with Gasteiger partial charge in [-0.2, -0.15) is 0 Å². The molecule has 0 amide bonds. The van der Waals surface area contributed by atoms with E-state index in [1.165, 1.54) is 36.8 Å². The predicted molar refractivity (Wildman–Crippen MR) is 114 cm³/mol. The van der Waals surface area contributed by atoms with Crippen molar-refractivity contribution in [1.29, 1.82) is 0 Å². The van der Waals surface area contributed by atoms with E-state index in [0.717, 1.165) is 36.8 Å². The Labute approximate surface area is 159 Å². The van der Waals surface area contributed by atoms with Gasteiger partial charge in [-0.25, -0.2) is 0 Å². The SMILES string of the molecule is C=CCCCCc1ccc(C#Cc2ccc(CCCCC=C)cc2)cc1. The third-order valence-corrected chi connectivity index (χ3v) is 4.51. The van der Waals surface area contributed by atoms with Gasteiger partial charge in [0, 0.05) is 11.1 Å². The molecule has 0 spiro atoms. The molecule has 2 aromatic rings. The topological polar surface area (TPSA) is 0 Å². The molecule has 0 radical (unpaired) electrons. The van der Waals surface area contributed by atoms with Crippen LogP contribution in [-0.2, 0) is 12.8 Å². The van der Waals surface area contributed by atoms with Gasteiger partial charge in [0.1, 0.15) is 0 Å². The lowest BCUT2D eigenvalue weighted by Gasteiger charge is -2.01. The molecule has 0 unspecified atom stereocenters. The van der Waals surface area contributed by atoms with Crippen LogP contribution in [0.3, 0.4) is 0 Å². The highest BCUT2D eigenvalue weighted by Crippen LogP contribution is 2.10. The molecule has 0 aliphatic heterocycles. The van der Waals surface area contributed by atoms with E-state index in [1.807, 2.05) is 12.2 Å². The zero-order valence-corrected chi connectivity index (χ0v) is 15.8. The summed E-state index contributed by atoms with van der Waals surface area (Å²) >= 11 is 0. The smallest absolute Gasteiger partial charge is 0.0249 e. The summed E-state index contributed by atoms with van der Waals surface area (Å²) in [6, 6.07) is 17.3. The molecule has 0 heteroatoms. The molecular formula is C26H30. The number of rotatable bonds is 10. The van der Waals surface area contributed by atoms with Gasteiger partial charge in [0.05, 0.1) is 0 Å². The zero-order chi connectivity index (χ0) is 18.5. The monoisotopic (exact) mass is 342 g/mol. The van der Waals surface area contributed by atoms with Crippen LogP contribution in [0, 0.1) is 11.8 Å². The second-order valence-corrected chi connectivity index (χ2v) is 6.71. The molecule has 0 nitrogen and oxygen atoms in total. The standard InChI is InChI=1S/C26H30/c1-3-5-7-9-11-23-13-17-25(18-14-23)21-22-26-19-15-24(16-20-26)12-10-8-6-4-2/h3-4,13-20H,1-2,5-12H2. The fourth-order valence-electron chi connectivity index (χ4n) is 2.89. The minimum Gasteiger partial charge on any atom is -0.103 e. The maximum atomic E-state index is 3.77. The van der Waals surface area contributed by atoms with Crippen LogP contribution < -0.4 is 0 Å². The first kappa shape index (κ1) is 19.8. The maximum Gasteiger partial charge on any atom is 0.0249 e. The summed E-state index contributed by atoms with van der Waals surface area (Å²) in [5, 5.41) is 0. The van der Waals surface area contributed by atoms with Crippen LogP contribution >= 0.6 is 0 Å². The lowest BCUT2D eigenvalue weighted by molar-refractivity contribution is 0.748. The molecule has 0 N–H and O–H groups in total. The largest absolute Gasteiger partial charge is 0.103 e. The first-order valence-corrected chi connectivity index (χ1v) is 9.73. The number of aryl methyl sites for hydroxylation is 2. The van der Waals surface area contributed by atoms with Crippen molar-refractivity contribution in [2.75, 3.05) is 0 Å². The highest BCUT2D eigenvalue weighted by atomic mass is 14.0. The summed E-state index contributed by atoms with van der Waals surface area (Å²) < 4.78 is 0. The number of allylic oxidation sites excluding steroid dienone is 2. The van der Waals surface area contributed by atoms with Crippen LogP contribution in [-0.4, -0.2) is 0 Å². The fourth-order valence-corrected chi connectivity index (χ4v) is 2.89. The van der Waals surface area contributed by atoms with Crippen LogP contribution in [0.4, 0.5) is 0 Å². The second-order valence-electron chi connectivity index (χ2n) is 6.71. The van der Waals surface area contributed by atoms with Crippen molar-refractivity contribution in [3.05, 3.63) is 96.1 Å². The van der Waals surface area contributed by atoms with Gasteiger partial charge in [-0.05, 0) is 86.8 Å². The zero-order valence-electron chi connectivity index (χ0n) is 15.8. The quantitative estimate of drug-likeness (QED) is 0.251. The van der Waals surface area contributed by atoms with Gasteiger partial charge in [-0.15, -0.1) is 13.2 Å². The summed E-state index contributed by atoms with van der Waals surface area (Å²) in [6.07, 6.45) is 13.3. The molecule has 0 aromatic heterocycles. The predicted octanol–water partition coefficient (Wildman–Crippen LogP) is 6.88. The Morgan fingerprint density at radius 3 is 1.31 bits per heavy atom. The Balaban J connectivity index is 1.84. The first-order valence-electron chi connectivity index (χ1n) is 9.73. The number of unbranched alkanes of at least 4 members (excludes halogenated alkanes) is 4. The first-order chi connectivity index (χ1) is 12.8. The van der Waals surface area contributed by atoms with Crippen molar-refractivity contribution in [3.8, 4) is 11.8 Å². The molecule has 0 fully saturated rings. The average molecular weight is 343 g/mol. The Morgan fingerprint density at radius 1 is 0.577 bits per heavy atom. The summed E-state index contributed by atoms with van der Waals surface area (Å²) in [7, 11) is 0. The Hall–Kier alpha value is -2.52. The molecule has 0 saturated heterocycles. The minimum absolute atomic E-state index is 1.08. The van der Waals surface area contributed by atoms with Crippen LogP contribution in [0.5, 0.6) is 0 Å². The number of benzene rings is 2. The minimum atomic E-state index is 1.08. The van der Waals surface area contributed by atoms with E-state index in [0.29, 0.717) is 0 Å². The third kappa shape index (κ3) is 7.58. The van der Waals surface area contributed by atoms with Crippen LogP contribution in [0.2, 0.25) is 0 Å². The third-order valence-electron chi connectivity index (χ3n) is 4.51. The lowest BCUT2D eigenvalue weighted by atomic mass is 10.0. The van der Waals surface area contributed by atoms with Crippen molar-refractivity contribution in [2.45, 2.75) is 51.4 Å². The van der Waals surface area contributed by atoms with Gasteiger partial charge in [0.15, 0.2) is 0 Å². The molecule has 0 aliphatic rings. The van der Waals surface area contributed by atoms with Crippen LogP contribution in [0.15, 0.2) is 73.8 Å². The van der Waals surface area contributed by atoms with Crippen molar-refractivity contribution < 1.29 is 0 Å². The summed E-state index contributed by atoms with van der Waals surface area (Å²) in [5.74, 6) is 6.54. The van der Waals surface area contributed by atoms with E-state index in [2.05, 4.69) is 73.5 Å². The van der Waals surface area contributed by atoms with Gasteiger partial charge in [0.2, 0.25) is 0 Å². The molecule has 134 valence electrons.